The maximum atomic E-state index is 12.9. The molecule has 2 N–H and O–H groups in total. The summed E-state index contributed by atoms with van der Waals surface area (Å²) in [4.78, 5) is 25.1. The second kappa shape index (κ2) is 8.45. The van der Waals surface area contributed by atoms with Gasteiger partial charge in [0.15, 0.2) is 0 Å². The average molecular weight is 443 g/mol. The molecule has 1 aliphatic heterocycles. The lowest BCUT2D eigenvalue weighted by atomic mass is 10.0. The number of aliphatic carboxylic acids is 1. The van der Waals surface area contributed by atoms with E-state index in [1.165, 1.54) is 0 Å². The van der Waals surface area contributed by atoms with Gasteiger partial charge in [0.1, 0.15) is 17.6 Å². The van der Waals surface area contributed by atoms with Crippen molar-refractivity contribution in [1.82, 2.24) is 15.0 Å². The van der Waals surface area contributed by atoms with E-state index in [1.807, 2.05) is 19.1 Å². The molecule has 10 heteroatoms. The van der Waals surface area contributed by atoms with E-state index < -0.39 is 23.9 Å². The van der Waals surface area contributed by atoms with Crippen molar-refractivity contribution in [2.75, 3.05) is 16.8 Å². The summed E-state index contributed by atoms with van der Waals surface area (Å²) < 4.78 is 38.7. The third-order valence-corrected chi connectivity index (χ3v) is 5.19. The van der Waals surface area contributed by atoms with E-state index in [2.05, 4.69) is 20.3 Å². The average Bonchev–Trinajstić information content (AvgIpc) is 3.23. The Morgan fingerprint density at radius 3 is 2.66 bits per heavy atom. The first-order chi connectivity index (χ1) is 15.2. The number of nitrogens with one attached hydrogen (secondary N) is 1. The van der Waals surface area contributed by atoms with Crippen LogP contribution >= 0.6 is 0 Å². The van der Waals surface area contributed by atoms with Gasteiger partial charge in [-0.1, -0.05) is 6.07 Å². The van der Waals surface area contributed by atoms with Crippen molar-refractivity contribution >= 4 is 23.4 Å². The van der Waals surface area contributed by atoms with E-state index in [4.69, 9.17) is 0 Å². The van der Waals surface area contributed by atoms with Crippen LogP contribution in [0.3, 0.4) is 0 Å². The van der Waals surface area contributed by atoms with Crippen molar-refractivity contribution in [3.63, 3.8) is 0 Å². The van der Waals surface area contributed by atoms with Crippen molar-refractivity contribution in [3.05, 3.63) is 60.0 Å². The highest BCUT2D eigenvalue weighted by atomic mass is 19.4. The molecule has 32 heavy (non-hydrogen) atoms. The number of carbonyl (C=O) groups is 1. The molecule has 0 bridgehead atoms. The summed E-state index contributed by atoms with van der Waals surface area (Å²) in [6.45, 7) is 2.50. The molecule has 0 aliphatic carbocycles. The standard InChI is InChI=1S/C22H20F3N5O2/c1-13-9-15(11-16(10-13)28-21-26-7-6-18(29-21)22(23,24)25)14-4-5-19(27-12-14)30-8-2-3-17(30)20(31)32/h4-7,9-12,17H,2-3,8H2,1H3,(H,31,32)(H,26,28,29)/t17-/m1/s1. The topological polar surface area (TPSA) is 91.2 Å². The minimum absolute atomic E-state index is 0.154. The quantitative estimate of drug-likeness (QED) is 0.593. The fraction of sp³-hybridized carbons (Fsp3) is 0.273. The molecule has 1 saturated heterocycles. The summed E-state index contributed by atoms with van der Waals surface area (Å²) in [6, 6.07) is 9.33. The number of aryl methyl sites for hydroxylation is 1. The summed E-state index contributed by atoms with van der Waals surface area (Å²) in [5.41, 5.74) is 1.98. The van der Waals surface area contributed by atoms with Crippen LogP contribution in [0.4, 0.5) is 30.6 Å². The monoisotopic (exact) mass is 443 g/mol. The molecular weight excluding hydrogens is 423 g/mol. The van der Waals surface area contributed by atoms with Crippen molar-refractivity contribution in [2.24, 2.45) is 0 Å². The summed E-state index contributed by atoms with van der Waals surface area (Å²) in [6.07, 6.45) is -0.458. The Labute approximate surface area is 182 Å². The molecule has 166 valence electrons. The molecule has 7 nitrogen and oxygen atoms in total. The normalized spacial score (nSPS) is 16.2. The van der Waals surface area contributed by atoms with Gasteiger partial charge in [-0.2, -0.15) is 13.2 Å². The largest absolute Gasteiger partial charge is 0.480 e. The number of alkyl halides is 3. The van der Waals surface area contributed by atoms with E-state index in [-0.39, 0.29) is 5.95 Å². The number of nitrogens with zero attached hydrogens (tertiary/aromatic N) is 4. The predicted molar refractivity (Wildman–Crippen MR) is 113 cm³/mol. The molecule has 1 fully saturated rings. The van der Waals surface area contributed by atoms with Gasteiger partial charge in [0.25, 0.3) is 0 Å². The van der Waals surface area contributed by atoms with E-state index in [0.29, 0.717) is 24.5 Å². The molecule has 1 aliphatic rings. The van der Waals surface area contributed by atoms with Gasteiger partial charge >= 0.3 is 12.1 Å². The van der Waals surface area contributed by atoms with Crippen LogP contribution in [0.25, 0.3) is 11.1 Å². The predicted octanol–water partition coefficient (Wildman–Crippen LogP) is 4.66. The number of anilines is 3. The molecule has 0 spiro atoms. The minimum Gasteiger partial charge on any atom is -0.480 e. The maximum absolute atomic E-state index is 12.9. The first kappa shape index (κ1) is 21.5. The van der Waals surface area contributed by atoms with Gasteiger partial charge in [0.05, 0.1) is 0 Å². The second-order valence-electron chi connectivity index (χ2n) is 7.57. The molecule has 0 radical (unpaired) electrons. The van der Waals surface area contributed by atoms with Crippen molar-refractivity contribution < 1.29 is 23.1 Å². The van der Waals surface area contributed by atoms with Gasteiger partial charge in [0.2, 0.25) is 5.95 Å². The zero-order chi connectivity index (χ0) is 22.9. The van der Waals surface area contributed by atoms with Gasteiger partial charge in [-0.25, -0.2) is 19.7 Å². The minimum atomic E-state index is -4.56. The molecule has 3 aromatic rings. The lowest BCUT2D eigenvalue weighted by molar-refractivity contribution is -0.141. The van der Waals surface area contributed by atoms with Crippen molar-refractivity contribution in [3.8, 4) is 11.1 Å². The number of aromatic nitrogens is 3. The summed E-state index contributed by atoms with van der Waals surface area (Å²) >= 11 is 0. The Kier molecular flexibility index (Phi) is 5.68. The summed E-state index contributed by atoms with van der Waals surface area (Å²) in [5, 5.41) is 12.2. The number of pyridine rings is 1. The van der Waals surface area contributed by atoms with Crippen molar-refractivity contribution in [1.29, 1.82) is 0 Å². The molecule has 3 heterocycles. The number of hydrogen-bond acceptors (Lipinski definition) is 6. The van der Waals surface area contributed by atoms with Gasteiger partial charge in [0, 0.05) is 30.2 Å². The fourth-order valence-electron chi connectivity index (χ4n) is 3.75. The molecule has 4 rings (SSSR count). The number of carboxylic acids is 1. The van der Waals surface area contributed by atoms with Crippen LogP contribution in [0.5, 0.6) is 0 Å². The maximum Gasteiger partial charge on any atom is 0.433 e. The van der Waals surface area contributed by atoms with E-state index in [9.17, 15) is 23.1 Å². The molecule has 0 amide bonds. The number of benzene rings is 1. The fourth-order valence-corrected chi connectivity index (χ4v) is 3.75. The highest BCUT2D eigenvalue weighted by Crippen LogP contribution is 2.30. The zero-order valence-corrected chi connectivity index (χ0v) is 17.1. The number of rotatable bonds is 5. The van der Waals surface area contributed by atoms with Crippen LogP contribution in [0, 0.1) is 6.92 Å². The third-order valence-electron chi connectivity index (χ3n) is 5.19. The first-order valence-electron chi connectivity index (χ1n) is 9.95. The molecular formula is C22H20F3N5O2. The van der Waals surface area contributed by atoms with Crippen LogP contribution in [0.15, 0.2) is 48.8 Å². The van der Waals surface area contributed by atoms with Gasteiger partial charge < -0.3 is 15.3 Å². The van der Waals surface area contributed by atoms with Crippen LogP contribution in [-0.4, -0.2) is 38.6 Å². The lowest BCUT2D eigenvalue weighted by Gasteiger charge is -2.22. The van der Waals surface area contributed by atoms with E-state index in [1.54, 1.807) is 29.3 Å². The van der Waals surface area contributed by atoms with Crippen LogP contribution in [0.2, 0.25) is 0 Å². The highest BCUT2D eigenvalue weighted by Gasteiger charge is 2.33. The molecule has 1 atom stereocenters. The number of carboxylic acid groups (broad SMARTS) is 1. The van der Waals surface area contributed by atoms with Crippen LogP contribution in [0.1, 0.15) is 24.1 Å². The van der Waals surface area contributed by atoms with E-state index in [0.717, 1.165) is 35.4 Å². The molecule has 2 aromatic heterocycles. The second-order valence-corrected chi connectivity index (χ2v) is 7.57. The number of hydrogen-bond donors (Lipinski definition) is 2. The van der Waals surface area contributed by atoms with Gasteiger partial charge in [-0.05, 0) is 61.2 Å². The Morgan fingerprint density at radius 1 is 1.16 bits per heavy atom. The Balaban J connectivity index is 1.57. The van der Waals surface area contributed by atoms with Crippen molar-refractivity contribution in [2.45, 2.75) is 32.0 Å². The summed E-state index contributed by atoms with van der Waals surface area (Å²) in [5.74, 6) is -0.416. The zero-order valence-electron chi connectivity index (χ0n) is 17.1. The molecule has 1 aromatic carbocycles. The summed E-state index contributed by atoms with van der Waals surface area (Å²) in [7, 11) is 0. The molecule has 0 saturated carbocycles. The lowest BCUT2D eigenvalue weighted by Crippen LogP contribution is -2.36. The number of halogens is 3. The van der Waals surface area contributed by atoms with Gasteiger partial charge in [-0.3, -0.25) is 0 Å². The Morgan fingerprint density at radius 2 is 1.97 bits per heavy atom. The Bertz CT molecular complexity index is 1140. The SMILES string of the molecule is Cc1cc(Nc2nccc(C(F)(F)F)n2)cc(-c2ccc(N3CCC[C@@H]3C(=O)O)nc2)c1. The van der Waals surface area contributed by atoms with Gasteiger partial charge in [-0.15, -0.1) is 0 Å². The van der Waals surface area contributed by atoms with Crippen LogP contribution < -0.4 is 10.2 Å². The first-order valence-corrected chi connectivity index (χ1v) is 9.95. The van der Waals surface area contributed by atoms with Crippen LogP contribution in [-0.2, 0) is 11.0 Å². The smallest absolute Gasteiger partial charge is 0.433 e. The highest BCUT2D eigenvalue weighted by molar-refractivity contribution is 5.79. The van der Waals surface area contributed by atoms with E-state index >= 15 is 0 Å². The Hall–Kier alpha value is -3.69. The third kappa shape index (κ3) is 4.63. The molecule has 0 unspecified atom stereocenters.